The van der Waals surface area contributed by atoms with Crippen molar-refractivity contribution in [2.75, 3.05) is 13.2 Å². The van der Waals surface area contributed by atoms with Crippen molar-refractivity contribution in [3.63, 3.8) is 0 Å². The zero-order chi connectivity index (χ0) is 13.0. The van der Waals surface area contributed by atoms with Crippen molar-refractivity contribution in [2.24, 2.45) is 5.92 Å². The van der Waals surface area contributed by atoms with Gasteiger partial charge in [0.1, 0.15) is 6.10 Å². The quantitative estimate of drug-likeness (QED) is 0.768. The van der Waals surface area contributed by atoms with Crippen LogP contribution in [0.3, 0.4) is 0 Å². The van der Waals surface area contributed by atoms with Crippen LogP contribution in [-0.4, -0.2) is 29.3 Å². The largest absolute Gasteiger partial charge is 0.371 e. The predicted octanol–water partition coefficient (Wildman–Crippen LogP) is 2.10. The van der Waals surface area contributed by atoms with Gasteiger partial charge in [0.2, 0.25) is 5.89 Å². The Labute approximate surface area is 108 Å². The molecule has 0 spiro atoms. The summed E-state index contributed by atoms with van der Waals surface area (Å²) in [5.41, 5.74) is 0. The number of likely N-dealkylation sites (N-methyl/N-ethyl adjacent to an activating group) is 1. The molecule has 1 aromatic rings. The zero-order valence-corrected chi connectivity index (χ0v) is 11.5. The second kappa shape index (κ2) is 6.29. The molecule has 0 aromatic carbocycles. The minimum Gasteiger partial charge on any atom is -0.371 e. The van der Waals surface area contributed by atoms with Crippen LogP contribution in [0.25, 0.3) is 0 Å². The molecule has 0 aliphatic heterocycles. The van der Waals surface area contributed by atoms with E-state index in [-0.39, 0.29) is 6.10 Å². The van der Waals surface area contributed by atoms with E-state index in [0.717, 1.165) is 24.8 Å². The van der Waals surface area contributed by atoms with E-state index < -0.39 is 0 Å². The highest BCUT2D eigenvalue weighted by molar-refractivity contribution is 4.96. The fourth-order valence-corrected chi connectivity index (χ4v) is 2.20. The van der Waals surface area contributed by atoms with E-state index in [1.165, 1.54) is 12.8 Å². The maximum absolute atomic E-state index is 5.45. The number of aromatic nitrogens is 2. The summed E-state index contributed by atoms with van der Waals surface area (Å²) in [5, 5.41) is 7.49. The van der Waals surface area contributed by atoms with Crippen LogP contribution in [-0.2, 0) is 11.2 Å². The van der Waals surface area contributed by atoms with Gasteiger partial charge in [-0.2, -0.15) is 4.98 Å². The first-order chi connectivity index (χ1) is 8.74. The molecule has 0 radical (unpaired) electrons. The molecule has 1 aliphatic carbocycles. The normalized spacial score (nSPS) is 18.8. The van der Waals surface area contributed by atoms with Gasteiger partial charge in [0, 0.05) is 19.1 Å². The summed E-state index contributed by atoms with van der Waals surface area (Å²) in [6.07, 6.45) is 3.36. The number of rotatable bonds is 8. The number of nitrogens with zero attached hydrogens (tertiary/aromatic N) is 2. The Bertz CT molecular complexity index is 363. The first-order valence-electron chi connectivity index (χ1n) is 6.92. The van der Waals surface area contributed by atoms with Crippen molar-refractivity contribution in [3.8, 4) is 0 Å². The monoisotopic (exact) mass is 253 g/mol. The van der Waals surface area contributed by atoms with Crippen LogP contribution in [0.5, 0.6) is 0 Å². The molecule has 0 bridgehead atoms. The van der Waals surface area contributed by atoms with Crippen LogP contribution in [0.1, 0.15) is 51.4 Å². The van der Waals surface area contributed by atoms with Crippen LogP contribution in [0.15, 0.2) is 4.52 Å². The summed E-state index contributed by atoms with van der Waals surface area (Å²) in [5.74, 6) is 2.15. The highest BCUT2D eigenvalue weighted by Crippen LogP contribution is 2.34. The Kier molecular flexibility index (Phi) is 4.72. The van der Waals surface area contributed by atoms with Crippen molar-refractivity contribution in [1.82, 2.24) is 15.5 Å². The Morgan fingerprint density at radius 1 is 1.44 bits per heavy atom. The Morgan fingerprint density at radius 2 is 2.22 bits per heavy atom. The van der Waals surface area contributed by atoms with E-state index in [2.05, 4.69) is 22.4 Å². The minimum absolute atomic E-state index is 0.0917. The molecule has 2 atom stereocenters. The molecule has 2 rings (SSSR count). The fraction of sp³-hybridized carbons (Fsp3) is 0.846. The number of nitrogens with one attached hydrogen (secondary N) is 1. The highest BCUT2D eigenvalue weighted by Gasteiger charge is 2.32. The summed E-state index contributed by atoms with van der Waals surface area (Å²) < 4.78 is 10.8. The van der Waals surface area contributed by atoms with Gasteiger partial charge in [0.05, 0.1) is 0 Å². The van der Waals surface area contributed by atoms with E-state index >= 15 is 0 Å². The average Bonchev–Trinajstić information content (AvgIpc) is 3.09. The maximum Gasteiger partial charge on any atom is 0.228 e. The third kappa shape index (κ3) is 3.53. The molecule has 0 amide bonds. The first-order valence-corrected chi connectivity index (χ1v) is 6.92. The molecule has 1 N–H and O–H groups in total. The van der Waals surface area contributed by atoms with E-state index in [4.69, 9.17) is 9.26 Å². The topological polar surface area (TPSA) is 60.2 Å². The third-order valence-corrected chi connectivity index (χ3v) is 3.32. The van der Waals surface area contributed by atoms with E-state index in [1.807, 2.05) is 13.8 Å². The van der Waals surface area contributed by atoms with Gasteiger partial charge in [-0.25, -0.2) is 0 Å². The Morgan fingerprint density at radius 3 is 2.83 bits per heavy atom. The van der Waals surface area contributed by atoms with Crippen LogP contribution < -0.4 is 5.32 Å². The minimum atomic E-state index is -0.0917. The summed E-state index contributed by atoms with van der Waals surface area (Å²) in [7, 11) is 0. The predicted molar refractivity (Wildman–Crippen MR) is 68.2 cm³/mol. The zero-order valence-electron chi connectivity index (χ0n) is 11.5. The standard InChI is InChI=1S/C13H23N3O2/c1-4-14-11(10-6-7-10)8-12-15-13(16-18-12)9(3)17-5-2/h9-11,14H,4-8H2,1-3H3. The van der Waals surface area contributed by atoms with Crippen LogP contribution >= 0.6 is 0 Å². The summed E-state index contributed by atoms with van der Waals surface area (Å²) in [6, 6.07) is 0.477. The Hall–Kier alpha value is -0.940. The van der Waals surface area contributed by atoms with E-state index in [9.17, 15) is 0 Å². The van der Waals surface area contributed by atoms with Crippen molar-refractivity contribution in [3.05, 3.63) is 11.7 Å². The first kappa shape index (κ1) is 13.5. The molecule has 2 unspecified atom stereocenters. The van der Waals surface area contributed by atoms with Crippen molar-refractivity contribution in [1.29, 1.82) is 0 Å². The van der Waals surface area contributed by atoms with Gasteiger partial charge >= 0.3 is 0 Å². The van der Waals surface area contributed by atoms with Crippen molar-refractivity contribution < 1.29 is 9.26 Å². The lowest BCUT2D eigenvalue weighted by Gasteiger charge is -2.14. The third-order valence-electron chi connectivity index (χ3n) is 3.32. The van der Waals surface area contributed by atoms with Crippen LogP contribution in [0, 0.1) is 5.92 Å². The molecule has 5 nitrogen and oxygen atoms in total. The van der Waals surface area contributed by atoms with Gasteiger partial charge in [0.15, 0.2) is 5.82 Å². The number of hydrogen-bond acceptors (Lipinski definition) is 5. The van der Waals surface area contributed by atoms with Gasteiger partial charge in [-0.3, -0.25) is 0 Å². The number of ether oxygens (including phenoxy) is 1. The fourth-order valence-electron chi connectivity index (χ4n) is 2.20. The summed E-state index contributed by atoms with van der Waals surface area (Å²) >= 11 is 0. The van der Waals surface area contributed by atoms with Gasteiger partial charge in [-0.1, -0.05) is 12.1 Å². The molecule has 1 fully saturated rings. The summed E-state index contributed by atoms with van der Waals surface area (Å²) in [4.78, 5) is 4.42. The molecule has 18 heavy (non-hydrogen) atoms. The summed E-state index contributed by atoms with van der Waals surface area (Å²) in [6.45, 7) is 7.68. The van der Waals surface area contributed by atoms with Crippen LogP contribution in [0.2, 0.25) is 0 Å². The molecular formula is C13H23N3O2. The van der Waals surface area contributed by atoms with Gasteiger partial charge < -0.3 is 14.6 Å². The lowest BCUT2D eigenvalue weighted by Crippen LogP contribution is -2.33. The molecular weight excluding hydrogens is 230 g/mol. The SMILES string of the molecule is CCNC(Cc1nc(C(C)OCC)no1)C1CC1. The highest BCUT2D eigenvalue weighted by atomic mass is 16.5. The average molecular weight is 253 g/mol. The van der Waals surface area contributed by atoms with Crippen LogP contribution in [0.4, 0.5) is 0 Å². The molecule has 1 saturated carbocycles. The molecule has 1 aromatic heterocycles. The second-order valence-electron chi connectivity index (χ2n) is 4.85. The molecule has 1 aliphatic rings. The molecule has 102 valence electrons. The second-order valence-corrected chi connectivity index (χ2v) is 4.85. The molecule has 0 saturated heterocycles. The lowest BCUT2D eigenvalue weighted by atomic mass is 10.1. The maximum atomic E-state index is 5.45. The van der Waals surface area contributed by atoms with Gasteiger partial charge in [-0.05, 0) is 39.2 Å². The lowest BCUT2D eigenvalue weighted by molar-refractivity contribution is 0.0683. The molecule has 5 heteroatoms. The van der Waals surface area contributed by atoms with Crippen molar-refractivity contribution >= 4 is 0 Å². The molecule has 1 heterocycles. The van der Waals surface area contributed by atoms with E-state index in [0.29, 0.717) is 18.5 Å². The Balaban J connectivity index is 1.92. The smallest absolute Gasteiger partial charge is 0.228 e. The van der Waals surface area contributed by atoms with Gasteiger partial charge in [0.25, 0.3) is 0 Å². The van der Waals surface area contributed by atoms with Gasteiger partial charge in [-0.15, -0.1) is 0 Å². The van der Waals surface area contributed by atoms with E-state index in [1.54, 1.807) is 0 Å². The van der Waals surface area contributed by atoms with Crippen molar-refractivity contribution in [2.45, 2.75) is 52.2 Å². The number of hydrogen-bond donors (Lipinski definition) is 1.